The van der Waals surface area contributed by atoms with Gasteiger partial charge in [0.1, 0.15) is 0 Å². The summed E-state index contributed by atoms with van der Waals surface area (Å²) in [5, 5.41) is 0. The molecule has 2 N–H and O–H groups in total. The molecule has 1 heterocycles. The fraction of sp³-hybridized carbons (Fsp3) is 1.00. The number of hydrogen-bond donors (Lipinski definition) is 1. The summed E-state index contributed by atoms with van der Waals surface area (Å²) in [6, 6.07) is 1.29. The lowest BCUT2D eigenvalue weighted by Gasteiger charge is -2.39. The van der Waals surface area contributed by atoms with Crippen LogP contribution in [0, 0.1) is 5.92 Å². The van der Waals surface area contributed by atoms with Crippen molar-refractivity contribution in [3.8, 4) is 0 Å². The molecule has 1 unspecified atom stereocenters. The Labute approximate surface area is 107 Å². The van der Waals surface area contributed by atoms with Crippen LogP contribution in [-0.4, -0.2) is 30.1 Å². The lowest BCUT2D eigenvalue weighted by Crippen LogP contribution is -2.44. The molecule has 1 saturated carbocycles. The van der Waals surface area contributed by atoms with Gasteiger partial charge in [-0.2, -0.15) is 0 Å². The quantitative estimate of drug-likeness (QED) is 0.800. The van der Waals surface area contributed by atoms with Gasteiger partial charge in [0.15, 0.2) is 0 Å². The van der Waals surface area contributed by atoms with Gasteiger partial charge in [-0.15, -0.1) is 0 Å². The standard InChI is InChI=1S/C15H30N2/c1-13(16)14-9-11-17(12-10-14)15-7-5-3-2-4-6-8-15/h13-15H,2-12,16H2,1H3. The molecule has 0 aromatic heterocycles. The van der Waals surface area contributed by atoms with Crippen LogP contribution >= 0.6 is 0 Å². The van der Waals surface area contributed by atoms with Gasteiger partial charge in [0.25, 0.3) is 0 Å². The van der Waals surface area contributed by atoms with E-state index in [-0.39, 0.29) is 0 Å². The molecule has 0 aromatic carbocycles. The van der Waals surface area contributed by atoms with E-state index < -0.39 is 0 Å². The monoisotopic (exact) mass is 238 g/mol. The topological polar surface area (TPSA) is 29.3 Å². The lowest BCUT2D eigenvalue weighted by atomic mass is 9.88. The fourth-order valence-electron chi connectivity index (χ4n) is 3.61. The molecule has 0 radical (unpaired) electrons. The molecule has 0 spiro atoms. The Morgan fingerprint density at radius 3 is 1.94 bits per heavy atom. The second-order valence-electron chi connectivity index (χ2n) is 6.23. The minimum Gasteiger partial charge on any atom is -0.328 e. The van der Waals surface area contributed by atoms with Gasteiger partial charge >= 0.3 is 0 Å². The van der Waals surface area contributed by atoms with Crippen LogP contribution in [-0.2, 0) is 0 Å². The minimum absolute atomic E-state index is 0.398. The Kier molecular flexibility index (Phi) is 5.30. The molecule has 2 fully saturated rings. The Bertz CT molecular complexity index is 199. The van der Waals surface area contributed by atoms with Gasteiger partial charge in [-0.1, -0.05) is 32.1 Å². The first-order chi connectivity index (χ1) is 8.27. The summed E-state index contributed by atoms with van der Waals surface area (Å²) < 4.78 is 0. The normalized spacial score (nSPS) is 28.6. The van der Waals surface area contributed by atoms with E-state index in [2.05, 4.69) is 11.8 Å². The zero-order chi connectivity index (χ0) is 12.1. The van der Waals surface area contributed by atoms with Crippen molar-refractivity contribution in [3.63, 3.8) is 0 Å². The Balaban J connectivity index is 1.78. The largest absolute Gasteiger partial charge is 0.328 e. The predicted octanol–water partition coefficient (Wildman–Crippen LogP) is 3.16. The zero-order valence-electron chi connectivity index (χ0n) is 11.5. The van der Waals surface area contributed by atoms with Crippen LogP contribution in [0.3, 0.4) is 0 Å². The second kappa shape index (κ2) is 6.75. The Morgan fingerprint density at radius 1 is 0.882 bits per heavy atom. The SMILES string of the molecule is CC(N)C1CCN(C2CCCCCCC2)CC1. The van der Waals surface area contributed by atoms with Crippen molar-refractivity contribution in [2.24, 2.45) is 11.7 Å². The van der Waals surface area contributed by atoms with E-state index in [4.69, 9.17) is 5.73 Å². The highest BCUT2D eigenvalue weighted by Gasteiger charge is 2.26. The van der Waals surface area contributed by atoms with Gasteiger partial charge in [0.2, 0.25) is 0 Å². The molecule has 2 heteroatoms. The predicted molar refractivity (Wildman–Crippen MR) is 74.1 cm³/mol. The third kappa shape index (κ3) is 3.96. The highest BCUT2D eigenvalue weighted by atomic mass is 15.2. The van der Waals surface area contributed by atoms with Crippen LogP contribution in [0.1, 0.15) is 64.7 Å². The van der Waals surface area contributed by atoms with Crippen molar-refractivity contribution in [1.82, 2.24) is 4.90 Å². The molecule has 0 aromatic rings. The summed E-state index contributed by atoms with van der Waals surface area (Å²) in [4.78, 5) is 2.77. The van der Waals surface area contributed by atoms with Crippen molar-refractivity contribution in [2.45, 2.75) is 76.8 Å². The van der Waals surface area contributed by atoms with E-state index in [1.165, 1.54) is 70.9 Å². The van der Waals surface area contributed by atoms with Gasteiger partial charge in [-0.05, 0) is 51.6 Å². The van der Waals surface area contributed by atoms with E-state index in [1.807, 2.05) is 0 Å². The van der Waals surface area contributed by atoms with Crippen molar-refractivity contribution < 1.29 is 0 Å². The number of nitrogens with two attached hydrogens (primary N) is 1. The fourth-order valence-corrected chi connectivity index (χ4v) is 3.61. The number of nitrogens with zero attached hydrogens (tertiary/aromatic N) is 1. The molecule has 1 saturated heterocycles. The molecule has 2 rings (SSSR count). The van der Waals surface area contributed by atoms with E-state index in [9.17, 15) is 0 Å². The van der Waals surface area contributed by atoms with Crippen LogP contribution in [0.2, 0.25) is 0 Å². The molecule has 1 aliphatic heterocycles. The first-order valence-electron chi connectivity index (χ1n) is 7.77. The van der Waals surface area contributed by atoms with Crippen LogP contribution in [0.5, 0.6) is 0 Å². The highest BCUT2D eigenvalue weighted by molar-refractivity contribution is 4.82. The number of rotatable bonds is 2. The van der Waals surface area contributed by atoms with Crippen LogP contribution < -0.4 is 5.73 Å². The van der Waals surface area contributed by atoms with Crippen molar-refractivity contribution in [1.29, 1.82) is 0 Å². The van der Waals surface area contributed by atoms with Gasteiger partial charge in [-0.3, -0.25) is 0 Å². The average Bonchev–Trinajstić information content (AvgIpc) is 2.29. The lowest BCUT2D eigenvalue weighted by molar-refractivity contribution is 0.107. The third-order valence-electron chi connectivity index (χ3n) is 4.91. The summed E-state index contributed by atoms with van der Waals surface area (Å²) in [6.07, 6.45) is 12.9. The molecule has 17 heavy (non-hydrogen) atoms. The molecule has 2 nitrogen and oxygen atoms in total. The maximum Gasteiger partial charge on any atom is 0.00952 e. The summed E-state index contributed by atoms with van der Waals surface area (Å²) in [5.74, 6) is 0.778. The smallest absolute Gasteiger partial charge is 0.00952 e. The number of piperidine rings is 1. The van der Waals surface area contributed by atoms with Crippen molar-refractivity contribution in [2.75, 3.05) is 13.1 Å². The van der Waals surface area contributed by atoms with Crippen LogP contribution in [0.15, 0.2) is 0 Å². The summed E-state index contributed by atoms with van der Waals surface area (Å²) >= 11 is 0. The van der Waals surface area contributed by atoms with E-state index in [1.54, 1.807) is 0 Å². The van der Waals surface area contributed by atoms with Gasteiger partial charge in [-0.25, -0.2) is 0 Å². The number of hydrogen-bond acceptors (Lipinski definition) is 2. The molecule has 100 valence electrons. The molecule has 1 atom stereocenters. The van der Waals surface area contributed by atoms with Gasteiger partial charge in [0, 0.05) is 12.1 Å². The Morgan fingerprint density at radius 2 is 1.41 bits per heavy atom. The van der Waals surface area contributed by atoms with Crippen molar-refractivity contribution in [3.05, 3.63) is 0 Å². The second-order valence-corrected chi connectivity index (χ2v) is 6.23. The summed E-state index contributed by atoms with van der Waals surface area (Å²) in [7, 11) is 0. The highest BCUT2D eigenvalue weighted by Crippen LogP contribution is 2.26. The average molecular weight is 238 g/mol. The van der Waals surface area contributed by atoms with E-state index in [0.29, 0.717) is 6.04 Å². The molecule has 0 bridgehead atoms. The van der Waals surface area contributed by atoms with Crippen molar-refractivity contribution >= 4 is 0 Å². The molecule has 2 aliphatic rings. The first kappa shape index (κ1) is 13.4. The summed E-state index contributed by atoms with van der Waals surface area (Å²) in [5.41, 5.74) is 6.02. The number of likely N-dealkylation sites (tertiary alicyclic amines) is 1. The van der Waals surface area contributed by atoms with Crippen LogP contribution in [0.4, 0.5) is 0 Å². The summed E-state index contributed by atoms with van der Waals surface area (Å²) in [6.45, 7) is 4.78. The van der Waals surface area contributed by atoms with Gasteiger partial charge < -0.3 is 10.6 Å². The maximum absolute atomic E-state index is 6.02. The zero-order valence-corrected chi connectivity index (χ0v) is 11.5. The maximum atomic E-state index is 6.02. The molecule has 0 amide bonds. The van der Waals surface area contributed by atoms with Crippen LogP contribution in [0.25, 0.3) is 0 Å². The van der Waals surface area contributed by atoms with Gasteiger partial charge in [0.05, 0.1) is 0 Å². The van der Waals surface area contributed by atoms with E-state index in [0.717, 1.165) is 12.0 Å². The first-order valence-corrected chi connectivity index (χ1v) is 7.77. The minimum atomic E-state index is 0.398. The molecule has 1 aliphatic carbocycles. The molecular formula is C15H30N2. The van der Waals surface area contributed by atoms with E-state index >= 15 is 0 Å². The third-order valence-corrected chi connectivity index (χ3v) is 4.91. The Hall–Kier alpha value is -0.0800. The molecular weight excluding hydrogens is 208 g/mol.